The lowest BCUT2D eigenvalue weighted by Crippen LogP contribution is -2.29. The topological polar surface area (TPSA) is 83.4 Å². The maximum absolute atomic E-state index is 12.9. The molecule has 1 N–H and O–H groups in total. The van der Waals surface area contributed by atoms with Gasteiger partial charge in [-0.15, -0.1) is 0 Å². The van der Waals surface area contributed by atoms with Gasteiger partial charge in [0.15, 0.2) is 0 Å². The lowest BCUT2D eigenvalue weighted by atomic mass is 9.96. The zero-order valence-electron chi connectivity index (χ0n) is 14.9. The highest BCUT2D eigenvalue weighted by Crippen LogP contribution is 2.39. The van der Waals surface area contributed by atoms with Gasteiger partial charge in [-0.05, 0) is 29.3 Å². The fourth-order valence-corrected chi connectivity index (χ4v) is 3.38. The van der Waals surface area contributed by atoms with Gasteiger partial charge in [0.1, 0.15) is 5.76 Å². The molecule has 1 fully saturated rings. The number of hydrogen-bond acceptors (Lipinski definition) is 5. The summed E-state index contributed by atoms with van der Waals surface area (Å²) in [6, 6.07) is 15.1. The van der Waals surface area contributed by atoms with Gasteiger partial charge in [-0.3, -0.25) is 19.6 Å². The number of nitrogens with zero attached hydrogens (tertiary/aromatic N) is 3. The van der Waals surface area contributed by atoms with Crippen LogP contribution in [0.5, 0.6) is 0 Å². The number of pyridine rings is 2. The molecule has 3 heterocycles. The second-order valence-corrected chi connectivity index (χ2v) is 6.43. The Hall–Kier alpha value is -3.80. The van der Waals surface area contributed by atoms with E-state index in [1.807, 2.05) is 12.1 Å². The van der Waals surface area contributed by atoms with Crippen molar-refractivity contribution >= 4 is 17.4 Å². The first-order valence-corrected chi connectivity index (χ1v) is 8.79. The zero-order valence-corrected chi connectivity index (χ0v) is 14.9. The van der Waals surface area contributed by atoms with Crippen molar-refractivity contribution in [3.8, 4) is 0 Å². The van der Waals surface area contributed by atoms with Gasteiger partial charge in [-0.25, -0.2) is 0 Å². The largest absolute Gasteiger partial charge is 0.507 e. The Morgan fingerprint density at radius 1 is 0.929 bits per heavy atom. The quantitative estimate of drug-likeness (QED) is 0.433. The van der Waals surface area contributed by atoms with Crippen LogP contribution in [0.15, 0.2) is 85.0 Å². The number of hydrogen-bond donors (Lipinski definition) is 1. The van der Waals surface area contributed by atoms with Crippen LogP contribution in [0.4, 0.5) is 0 Å². The predicted octanol–water partition coefficient (Wildman–Crippen LogP) is 3.10. The number of aliphatic hydroxyl groups excluding tert-OH is 1. The van der Waals surface area contributed by atoms with Gasteiger partial charge in [0, 0.05) is 36.9 Å². The molecule has 0 unspecified atom stereocenters. The second-order valence-electron chi connectivity index (χ2n) is 6.43. The molecule has 6 heteroatoms. The van der Waals surface area contributed by atoms with Crippen LogP contribution in [-0.2, 0) is 16.1 Å². The van der Waals surface area contributed by atoms with Crippen molar-refractivity contribution in [1.29, 1.82) is 0 Å². The summed E-state index contributed by atoms with van der Waals surface area (Å²) in [5.74, 6) is -1.54. The standard InChI is InChI=1S/C22H17N3O3/c26-20(17-6-2-1-3-7-17)18-19(16-8-11-23-12-9-16)25(22(28)21(18)27)14-15-5-4-10-24-13-15/h1-13,19,26H,14H2/b20-18+/t19-/m1/s1. The number of rotatable bonds is 4. The third kappa shape index (κ3) is 3.16. The average Bonchev–Trinajstić information content (AvgIpc) is 3.00. The molecule has 0 aliphatic carbocycles. The fraction of sp³-hybridized carbons (Fsp3) is 0.0909. The van der Waals surface area contributed by atoms with Gasteiger partial charge in [0.25, 0.3) is 11.7 Å². The van der Waals surface area contributed by atoms with Crippen molar-refractivity contribution in [1.82, 2.24) is 14.9 Å². The van der Waals surface area contributed by atoms with Gasteiger partial charge >= 0.3 is 0 Å². The van der Waals surface area contributed by atoms with Crippen LogP contribution in [0.2, 0.25) is 0 Å². The SMILES string of the molecule is O=C1C(=O)N(Cc2cccnc2)[C@H](c2ccncc2)/C1=C(\O)c1ccccc1. The molecule has 1 aromatic carbocycles. The Balaban J connectivity index is 1.85. The molecule has 0 saturated carbocycles. The Bertz CT molecular complexity index is 1030. The number of ketones is 1. The van der Waals surface area contributed by atoms with Crippen molar-refractivity contribution in [3.63, 3.8) is 0 Å². The number of carbonyl (C=O) groups excluding carboxylic acids is 2. The molecule has 28 heavy (non-hydrogen) atoms. The smallest absolute Gasteiger partial charge is 0.295 e. The third-order valence-corrected chi connectivity index (χ3v) is 4.68. The molecule has 0 bridgehead atoms. The Morgan fingerprint density at radius 2 is 1.68 bits per heavy atom. The van der Waals surface area contributed by atoms with Crippen molar-refractivity contribution in [2.45, 2.75) is 12.6 Å². The summed E-state index contributed by atoms with van der Waals surface area (Å²) in [4.78, 5) is 35.3. The van der Waals surface area contributed by atoms with Crippen LogP contribution < -0.4 is 0 Å². The molecule has 1 atom stereocenters. The van der Waals surface area contributed by atoms with Crippen LogP contribution in [0.25, 0.3) is 5.76 Å². The maximum atomic E-state index is 12.9. The van der Waals surface area contributed by atoms with Gasteiger partial charge in [0.2, 0.25) is 0 Å². The summed E-state index contributed by atoms with van der Waals surface area (Å²) in [5.41, 5.74) is 2.06. The fourth-order valence-electron chi connectivity index (χ4n) is 3.38. The summed E-state index contributed by atoms with van der Waals surface area (Å²) in [6.45, 7) is 0.205. The average molecular weight is 371 g/mol. The van der Waals surface area contributed by atoms with E-state index in [-0.39, 0.29) is 17.9 Å². The molecule has 2 aromatic heterocycles. The molecular formula is C22H17N3O3. The van der Waals surface area contributed by atoms with E-state index in [2.05, 4.69) is 9.97 Å². The highest BCUT2D eigenvalue weighted by atomic mass is 16.3. The number of aliphatic hydroxyl groups is 1. The molecule has 6 nitrogen and oxygen atoms in total. The number of amides is 1. The van der Waals surface area contributed by atoms with E-state index >= 15 is 0 Å². The first-order chi connectivity index (χ1) is 13.7. The summed E-state index contributed by atoms with van der Waals surface area (Å²) in [5, 5.41) is 10.9. The maximum Gasteiger partial charge on any atom is 0.295 e. The van der Waals surface area contributed by atoms with Gasteiger partial charge < -0.3 is 10.0 Å². The Kier molecular flexibility index (Phi) is 4.68. The number of Topliss-reactive ketones (excluding diaryl/α,β-unsaturated/α-hetero) is 1. The number of likely N-dealkylation sites (tertiary alicyclic amines) is 1. The normalized spacial score (nSPS) is 18.4. The zero-order chi connectivity index (χ0) is 19.5. The first kappa shape index (κ1) is 17.6. The van der Waals surface area contributed by atoms with Gasteiger partial charge in [0.05, 0.1) is 11.6 Å². The molecule has 0 radical (unpaired) electrons. The number of benzene rings is 1. The Morgan fingerprint density at radius 3 is 2.36 bits per heavy atom. The van der Waals surface area contributed by atoms with Crippen molar-refractivity contribution in [2.24, 2.45) is 0 Å². The van der Waals surface area contributed by atoms with E-state index < -0.39 is 17.7 Å². The third-order valence-electron chi connectivity index (χ3n) is 4.68. The van der Waals surface area contributed by atoms with Gasteiger partial charge in [-0.2, -0.15) is 0 Å². The molecule has 3 aromatic rings. The highest BCUT2D eigenvalue weighted by molar-refractivity contribution is 6.46. The van der Waals surface area contributed by atoms with E-state index in [0.29, 0.717) is 11.1 Å². The lowest BCUT2D eigenvalue weighted by Gasteiger charge is -2.25. The molecular weight excluding hydrogens is 354 g/mol. The van der Waals surface area contributed by atoms with Crippen LogP contribution in [0.3, 0.4) is 0 Å². The van der Waals surface area contributed by atoms with Crippen molar-refractivity contribution < 1.29 is 14.7 Å². The van der Waals surface area contributed by atoms with E-state index in [1.165, 1.54) is 4.90 Å². The molecule has 1 aliphatic heterocycles. The van der Waals surface area contributed by atoms with Crippen LogP contribution in [0.1, 0.15) is 22.7 Å². The van der Waals surface area contributed by atoms with E-state index in [4.69, 9.17) is 0 Å². The van der Waals surface area contributed by atoms with Crippen LogP contribution >= 0.6 is 0 Å². The number of aromatic nitrogens is 2. The lowest BCUT2D eigenvalue weighted by molar-refractivity contribution is -0.140. The molecule has 1 aliphatic rings. The van der Waals surface area contributed by atoms with E-state index in [9.17, 15) is 14.7 Å². The minimum atomic E-state index is -0.705. The van der Waals surface area contributed by atoms with Crippen molar-refractivity contribution in [2.75, 3.05) is 0 Å². The summed E-state index contributed by atoms with van der Waals surface area (Å²) in [7, 11) is 0. The number of carbonyl (C=O) groups is 2. The van der Waals surface area contributed by atoms with E-state index in [0.717, 1.165) is 5.56 Å². The molecule has 138 valence electrons. The minimum Gasteiger partial charge on any atom is -0.507 e. The predicted molar refractivity (Wildman–Crippen MR) is 103 cm³/mol. The minimum absolute atomic E-state index is 0.0753. The molecule has 0 spiro atoms. The molecule has 1 saturated heterocycles. The molecule has 1 amide bonds. The monoisotopic (exact) mass is 371 g/mol. The second kappa shape index (κ2) is 7.44. The Labute approximate surface area is 161 Å². The summed E-state index contributed by atoms with van der Waals surface area (Å²) >= 11 is 0. The van der Waals surface area contributed by atoms with Crippen molar-refractivity contribution in [3.05, 3.63) is 102 Å². The highest BCUT2D eigenvalue weighted by Gasteiger charge is 2.46. The molecule has 4 rings (SSSR count). The van der Waals surface area contributed by atoms with E-state index in [1.54, 1.807) is 67.3 Å². The van der Waals surface area contributed by atoms with Crippen LogP contribution in [0, 0.1) is 0 Å². The first-order valence-electron chi connectivity index (χ1n) is 8.79. The van der Waals surface area contributed by atoms with Crippen LogP contribution in [-0.4, -0.2) is 31.7 Å². The summed E-state index contributed by atoms with van der Waals surface area (Å²) < 4.78 is 0. The summed E-state index contributed by atoms with van der Waals surface area (Å²) in [6.07, 6.45) is 6.50. The van der Waals surface area contributed by atoms with Gasteiger partial charge in [-0.1, -0.05) is 36.4 Å².